The van der Waals surface area contributed by atoms with Gasteiger partial charge in [-0.05, 0) is 68.6 Å². The van der Waals surface area contributed by atoms with Crippen LogP contribution in [0.25, 0.3) is 0 Å². The first-order chi connectivity index (χ1) is 9.78. The molecule has 21 heavy (non-hydrogen) atoms. The minimum Gasteiger partial charge on any atom is -0.297 e. The molecular weight excluding hydrogens is 330 g/mol. The molecule has 1 aromatic heterocycles. The van der Waals surface area contributed by atoms with Crippen LogP contribution in [0.1, 0.15) is 44.0 Å². The number of Topliss-reactive ketones (excluding diaryl/α,β-unsaturated/α-hetero) is 1. The minimum absolute atomic E-state index is 0.301. The van der Waals surface area contributed by atoms with Crippen molar-refractivity contribution in [3.8, 4) is 0 Å². The molecule has 0 aliphatic heterocycles. The molecule has 0 bridgehead atoms. The van der Waals surface area contributed by atoms with Gasteiger partial charge >= 0.3 is 0 Å². The first-order valence-electron chi connectivity index (χ1n) is 7.66. The Labute approximate surface area is 136 Å². The van der Waals surface area contributed by atoms with Crippen LogP contribution < -0.4 is 0 Å². The lowest BCUT2D eigenvalue weighted by Gasteiger charge is -2.43. The zero-order valence-corrected chi connectivity index (χ0v) is 15.3. The third-order valence-electron chi connectivity index (χ3n) is 5.07. The number of aromatic nitrogens is 2. The summed E-state index contributed by atoms with van der Waals surface area (Å²) in [7, 11) is 5.99. The summed E-state index contributed by atoms with van der Waals surface area (Å²) < 4.78 is 2.79. The second kappa shape index (κ2) is 6.21. The van der Waals surface area contributed by atoms with Gasteiger partial charge in [0.25, 0.3) is 0 Å². The third-order valence-corrected chi connectivity index (χ3v) is 6.10. The maximum atomic E-state index is 13.0. The average molecular weight is 356 g/mol. The van der Waals surface area contributed by atoms with E-state index >= 15 is 0 Å². The topological polar surface area (TPSA) is 38.1 Å². The first kappa shape index (κ1) is 16.7. The molecule has 0 unspecified atom stereocenters. The van der Waals surface area contributed by atoms with Crippen molar-refractivity contribution in [2.75, 3.05) is 14.1 Å². The summed E-state index contributed by atoms with van der Waals surface area (Å²) in [5.41, 5.74) is 1.62. The maximum absolute atomic E-state index is 13.0. The summed E-state index contributed by atoms with van der Waals surface area (Å²) in [6.45, 7) is 4.24. The molecule has 118 valence electrons. The van der Waals surface area contributed by atoms with Crippen molar-refractivity contribution in [2.24, 2.45) is 13.0 Å². The Morgan fingerprint density at radius 1 is 1.43 bits per heavy atom. The normalized spacial score (nSPS) is 26.3. The lowest BCUT2D eigenvalue weighted by atomic mass is 9.73. The van der Waals surface area contributed by atoms with Crippen molar-refractivity contribution >= 4 is 21.7 Å². The molecule has 2 rings (SSSR count). The van der Waals surface area contributed by atoms with Crippen LogP contribution in [0.3, 0.4) is 0 Å². The van der Waals surface area contributed by atoms with Gasteiger partial charge in [0, 0.05) is 7.05 Å². The summed E-state index contributed by atoms with van der Waals surface area (Å²) >= 11 is 3.57. The van der Waals surface area contributed by atoms with E-state index in [1.807, 2.05) is 32.7 Å². The van der Waals surface area contributed by atoms with Gasteiger partial charge in [0.15, 0.2) is 5.78 Å². The van der Waals surface area contributed by atoms with Crippen molar-refractivity contribution in [1.82, 2.24) is 14.7 Å². The number of likely N-dealkylation sites (N-methyl/N-ethyl adjacent to an activating group) is 1. The number of rotatable bonds is 4. The molecule has 1 heterocycles. The molecule has 1 fully saturated rings. The van der Waals surface area contributed by atoms with Crippen molar-refractivity contribution in [3.05, 3.63) is 15.9 Å². The number of nitrogens with zero attached hydrogens (tertiary/aromatic N) is 3. The van der Waals surface area contributed by atoms with Gasteiger partial charge in [-0.3, -0.25) is 14.4 Å². The number of halogens is 1. The van der Waals surface area contributed by atoms with E-state index in [2.05, 4.69) is 32.9 Å². The summed E-state index contributed by atoms with van der Waals surface area (Å²) in [5, 5.41) is 4.39. The summed E-state index contributed by atoms with van der Waals surface area (Å²) in [5.74, 6) is 1.06. The molecular formula is C16H26BrN3O. The number of carbonyl (C=O) groups is 1. The van der Waals surface area contributed by atoms with E-state index in [0.717, 1.165) is 47.5 Å². The van der Waals surface area contributed by atoms with Crippen LogP contribution in [0, 0.1) is 12.8 Å². The molecule has 0 amide bonds. The summed E-state index contributed by atoms with van der Waals surface area (Å²) in [6.07, 6.45) is 4.65. The highest BCUT2D eigenvalue weighted by molar-refractivity contribution is 9.10. The highest BCUT2D eigenvalue weighted by Crippen LogP contribution is 2.37. The average Bonchev–Trinajstić information content (AvgIpc) is 2.66. The molecule has 1 aliphatic carbocycles. The van der Waals surface area contributed by atoms with Gasteiger partial charge in [-0.25, -0.2) is 0 Å². The quantitative estimate of drug-likeness (QED) is 0.832. The zero-order chi connectivity index (χ0) is 15.8. The van der Waals surface area contributed by atoms with Gasteiger partial charge in [0.2, 0.25) is 0 Å². The number of hydrogen-bond acceptors (Lipinski definition) is 3. The molecule has 5 heteroatoms. The molecule has 4 nitrogen and oxygen atoms in total. The van der Waals surface area contributed by atoms with E-state index in [0.29, 0.717) is 12.2 Å². The highest BCUT2D eigenvalue weighted by atomic mass is 79.9. The van der Waals surface area contributed by atoms with Gasteiger partial charge in [-0.1, -0.05) is 6.92 Å². The molecule has 0 aromatic carbocycles. The predicted molar refractivity (Wildman–Crippen MR) is 88.4 cm³/mol. The van der Waals surface area contributed by atoms with E-state index in [1.54, 1.807) is 0 Å². The first-order valence-corrected chi connectivity index (χ1v) is 8.46. The van der Waals surface area contributed by atoms with Crippen molar-refractivity contribution in [2.45, 2.75) is 51.5 Å². The van der Waals surface area contributed by atoms with Crippen LogP contribution in [0.5, 0.6) is 0 Å². The highest BCUT2D eigenvalue weighted by Gasteiger charge is 2.42. The van der Waals surface area contributed by atoms with Crippen LogP contribution in [0.4, 0.5) is 0 Å². The van der Waals surface area contributed by atoms with Gasteiger partial charge in [0.05, 0.1) is 27.8 Å². The van der Waals surface area contributed by atoms with E-state index in [-0.39, 0.29) is 5.54 Å². The fourth-order valence-corrected chi connectivity index (χ4v) is 3.88. The van der Waals surface area contributed by atoms with Gasteiger partial charge in [-0.2, -0.15) is 5.10 Å². The Hall–Kier alpha value is -0.680. The fraction of sp³-hybridized carbons (Fsp3) is 0.750. The Morgan fingerprint density at radius 3 is 2.43 bits per heavy atom. The fourth-order valence-electron chi connectivity index (χ4n) is 3.40. The molecule has 1 aromatic rings. The second-order valence-corrected chi connectivity index (χ2v) is 7.47. The van der Waals surface area contributed by atoms with Crippen molar-refractivity contribution in [3.63, 3.8) is 0 Å². The Morgan fingerprint density at radius 2 is 2.00 bits per heavy atom. The molecule has 0 radical (unpaired) electrons. The van der Waals surface area contributed by atoms with E-state index < -0.39 is 0 Å². The van der Waals surface area contributed by atoms with Crippen molar-refractivity contribution in [1.29, 1.82) is 0 Å². The van der Waals surface area contributed by atoms with Crippen LogP contribution in [0.2, 0.25) is 0 Å². The molecule has 1 saturated carbocycles. The lowest BCUT2D eigenvalue weighted by Crippen LogP contribution is -2.54. The van der Waals surface area contributed by atoms with Crippen LogP contribution in [0.15, 0.2) is 4.47 Å². The standard InChI is InChI=1S/C16H26BrN3O/c1-11-6-8-16(9-7-11,19(3)4)14(21)10-13-15(17)12(2)18-20(13)5/h11H,6-10H2,1-5H3. The largest absolute Gasteiger partial charge is 0.297 e. The predicted octanol–water partition coefficient (Wildman–Crippen LogP) is 3.11. The van der Waals surface area contributed by atoms with Crippen LogP contribution in [-0.4, -0.2) is 40.1 Å². The molecule has 0 spiro atoms. The summed E-state index contributed by atoms with van der Waals surface area (Å²) in [6, 6.07) is 0. The number of aryl methyl sites for hydroxylation is 2. The smallest absolute Gasteiger partial charge is 0.159 e. The molecule has 1 aliphatic rings. The zero-order valence-electron chi connectivity index (χ0n) is 13.7. The monoisotopic (exact) mass is 355 g/mol. The summed E-state index contributed by atoms with van der Waals surface area (Å²) in [4.78, 5) is 15.2. The lowest BCUT2D eigenvalue weighted by molar-refractivity contribution is -0.131. The Bertz CT molecular complexity index is 528. The van der Waals surface area contributed by atoms with Gasteiger partial charge in [0.1, 0.15) is 0 Å². The SMILES string of the molecule is Cc1nn(C)c(CC(=O)C2(N(C)C)CCC(C)CC2)c1Br. The van der Waals surface area contributed by atoms with E-state index in [9.17, 15) is 4.79 Å². The van der Waals surface area contributed by atoms with Gasteiger partial charge in [-0.15, -0.1) is 0 Å². The van der Waals surface area contributed by atoms with E-state index in [1.165, 1.54) is 0 Å². The van der Waals surface area contributed by atoms with Crippen molar-refractivity contribution < 1.29 is 4.79 Å². The molecule has 0 N–H and O–H groups in total. The minimum atomic E-state index is -0.301. The molecule has 0 atom stereocenters. The number of hydrogen-bond donors (Lipinski definition) is 0. The molecule has 0 saturated heterocycles. The number of carbonyl (C=O) groups excluding carboxylic acids is 1. The van der Waals surface area contributed by atoms with Gasteiger partial charge < -0.3 is 0 Å². The Kier molecular flexibility index (Phi) is 4.93. The van der Waals surface area contributed by atoms with Crippen LogP contribution >= 0.6 is 15.9 Å². The second-order valence-electron chi connectivity index (χ2n) is 6.68. The number of ketones is 1. The third kappa shape index (κ3) is 3.09. The van der Waals surface area contributed by atoms with Crippen LogP contribution in [-0.2, 0) is 18.3 Å². The Balaban J connectivity index is 2.24. The van der Waals surface area contributed by atoms with E-state index in [4.69, 9.17) is 0 Å². The maximum Gasteiger partial charge on any atom is 0.159 e.